The highest BCUT2D eigenvalue weighted by atomic mass is 32.2. The highest BCUT2D eigenvalue weighted by molar-refractivity contribution is 7.86. The second-order valence-corrected chi connectivity index (χ2v) is 26.3. The Morgan fingerprint density at radius 2 is 0.528 bits per heavy atom. The summed E-state index contributed by atoms with van der Waals surface area (Å²) in [4.78, 5) is 80.8. The van der Waals surface area contributed by atoms with Gasteiger partial charge in [0.1, 0.15) is 23.0 Å². The van der Waals surface area contributed by atoms with Gasteiger partial charge in [0.25, 0.3) is 0 Å². The van der Waals surface area contributed by atoms with Crippen LogP contribution < -0.4 is 18.9 Å². The summed E-state index contributed by atoms with van der Waals surface area (Å²) in [6, 6.07) is 13.3. The van der Waals surface area contributed by atoms with Crippen LogP contribution in [0.3, 0.4) is 0 Å². The second-order valence-electron chi connectivity index (χ2n) is 23.5. The third kappa shape index (κ3) is 21.5. The van der Waals surface area contributed by atoms with Crippen LogP contribution >= 0.6 is 0 Å². The number of halogens is 12. The number of alkyl halides is 12. The van der Waals surface area contributed by atoms with Gasteiger partial charge in [0.15, 0.2) is 0 Å². The maximum atomic E-state index is 14.0. The highest BCUT2D eigenvalue weighted by Crippen LogP contribution is 2.50. The Morgan fingerprint density at radius 1 is 0.321 bits per heavy atom. The number of hydrogen-bond donors (Lipinski definition) is 0. The minimum absolute atomic E-state index is 0.0154. The normalized spacial score (nSPS) is 15.3. The first kappa shape index (κ1) is 89.3. The van der Waals surface area contributed by atoms with Crippen LogP contribution in [0, 0.1) is 17.8 Å². The molecule has 18 nitrogen and oxygen atoms in total. The quantitative estimate of drug-likeness (QED) is 0.0212. The number of ether oxygens (including phenoxy) is 6. The molecular formula is C62H48B12F12O18S2-2. The molecule has 0 aliphatic heterocycles. The molecule has 0 heterocycles. The molecule has 538 valence electrons. The molecule has 1 aliphatic carbocycles. The Kier molecular flexibility index (Phi) is 30.5. The third-order valence-corrected chi connectivity index (χ3v) is 17.7. The monoisotopic (exact) mass is 1500 g/mol. The van der Waals surface area contributed by atoms with Gasteiger partial charge >= 0.3 is 71.7 Å². The fourth-order valence-corrected chi connectivity index (χ4v) is 12.7. The summed E-state index contributed by atoms with van der Waals surface area (Å²) in [5, 5.41) is 0. The summed E-state index contributed by atoms with van der Waals surface area (Å²) < 4.78 is 265. The molecule has 0 saturated heterocycles. The summed E-state index contributed by atoms with van der Waals surface area (Å²) >= 11 is 0. The molecule has 44 heteroatoms. The van der Waals surface area contributed by atoms with Gasteiger partial charge in [-0.15, -0.1) is 0 Å². The summed E-state index contributed by atoms with van der Waals surface area (Å²) in [6.45, 7) is 0. The van der Waals surface area contributed by atoms with Crippen LogP contribution in [0.2, 0.25) is 0 Å². The van der Waals surface area contributed by atoms with Crippen molar-refractivity contribution in [2.75, 3.05) is 11.5 Å². The molecule has 0 aromatic heterocycles. The lowest BCUT2D eigenvalue weighted by Gasteiger charge is -2.39. The van der Waals surface area contributed by atoms with Crippen molar-refractivity contribution < 1.29 is 136 Å². The van der Waals surface area contributed by atoms with Gasteiger partial charge in [-0.05, 0) is 82.0 Å². The van der Waals surface area contributed by atoms with E-state index >= 15 is 0 Å². The van der Waals surface area contributed by atoms with Crippen molar-refractivity contribution in [3.63, 3.8) is 0 Å². The molecule has 5 aromatic carbocycles. The average molecular weight is 1500 g/mol. The standard InChI is InChI=1S/C31H28B6F6O9S.C31H22B6F6O9S/c2*32-8-15-1-20(10-34)24(21(2-15)11-35)50-26(44)17-5-18(27(45)51-25-22(12-36)3-16(9-33)4-23(25)13-37)7-19(6-17)28(46)52-29(30(38,39)40,31(41,42)43)14-53(47,48)49/h1-4,17-19H,5-14H2,(H,47,48,49);1-7H,8-14H2,(H,47,48,49)/p-2. The fourth-order valence-electron chi connectivity index (χ4n) is 11.0. The molecule has 5 aromatic rings. The number of carbonyl (C=O) groups is 6. The Balaban J connectivity index is 0.000000381. The molecule has 1 saturated carbocycles. The third-order valence-electron chi connectivity index (χ3n) is 16.2. The first-order valence-corrected chi connectivity index (χ1v) is 33.9. The SMILES string of the molecule is [B]Cc1cc(C[B])c(OC(=O)C2CC(C(=O)Oc3c(C[B])cc(C[B])cc3C[B])CC(C(=O)OC(CS(=O)(=O)[O-])(C(F)(F)F)C(F)(F)F)C2)c(C[B])c1.[B]Cc1cc(C[B])c(OC(=O)c2cc(C(=O)Oc3c(C[B])cc(C[B])cc3C[B])cc(C(=O)OC(CS(=O)(=O)[O-])(C(F)(F)F)C(F)(F)F)c2)c(C[B])c1. The highest BCUT2D eigenvalue weighted by Gasteiger charge is 2.76. The minimum atomic E-state index is -6.73. The van der Waals surface area contributed by atoms with E-state index in [9.17, 15) is 107 Å². The van der Waals surface area contributed by atoms with Crippen molar-refractivity contribution in [3.05, 3.63) is 150 Å². The van der Waals surface area contributed by atoms with Crippen molar-refractivity contribution in [1.29, 1.82) is 0 Å². The molecule has 0 N–H and O–H groups in total. The van der Waals surface area contributed by atoms with Crippen molar-refractivity contribution in [2.45, 2.75) is 131 Å². The maximum absolute atomic E-state index is 14.0. The first-order chi connectivity index (χ1) is 49.1. The van der Waals surface area contributed by atoms with E-state index in [1.165, 1.54) is 48.5 Å². The Labute approximate surface area is 616 Å². The van der Waals surface area contributed by atoms with E-state index in [4.69, 9.17) is 113 Å². The van der Waals surface area contributed by atoms with Crippen LogP contribution in [0.5, 0.6) is 23.0 Å². The van der Waals surface area contributed by atoms with Crippen LogP contribution in [0.1, 0.15) is 117 Å². The maximum Gasteiger partial charge on any atom is 0.438 e. The van der Waals surface area contributed by atoms with Crippen molar-refractivity contribution in [1.82, 2.24) is 0 Å². The minimum Gasteiger partial charge on any atom is -0.748 e. The largest absolute Gasteiger partial charge is 0.748 e. The molecule has 0 spiro atoms. The fraction of sp³-hybridized carbons (Fsp3) is 0.419. The molecule has 0 amide bonds. The molecule has 2 unspecified atom stereocenters. The number of rotatable bonds is 28. The molecule has 2 atom stereocenters. The van der Waals surface area contributed by atoms with E-state index in [1.54, 1.807) is 0 Å². The lowest BCUT2D eigenvalue weighted by molar-refractivity contribution is -0.362. The zero-order valence-corrected chi connectivity index (χ0v) is 56.9. The number of carbonyl (C=O) groups excluding carboxylic acids is 6. The van der Waals surface area contributed by atoms with Gasteiger partial charge in [0.2, 0.25) is 0 Å². The zero-order valence-electron chi connectivity index (χ0n) is 55.2. The zero-order chi connectivity index (χ0) is 80.2. The molecule has 106 heavy (non-hydrogen) atoms. The van der Waals surface area contributed by atoms with Crippen molar-refractivity contribution >= 4 is 150 Å². The Bertz CT molecular complexity index is 4010. The predicted octanol–water partition coefficient (Wildman–Crippen LogP) is 4.89. The number of hydrogen-bond acceptors (Lipinski definition) is 18. The van der Waals surface area contributed by atoms with Gasteiger partial charge in [-0.25, -0.2) is 31.2 Å². The smallest absolute Gasteiger partial charge is 0.438 e. The van der Waals surface area contributed by atoms with Crippen LogP contribution in [-0.2, 0) is 120 Å². The van der Waals surface area contributed by atoms with Gasteiger partial charge in [0, 0.05) is 0 Å². The van der Waals surface area contributed by atoms with E-state index < -0.39 is 157 Å². The average Bonchev–Trinajstić information content (AvgIpc) is 0.746. The van der Waals surface area contributed by atoms with Crippen molar-refractivity contribution in [3.8, 4) is 23.0 Å². The molecule has 24 radical (unpaired) electrons. The lowest BCUT2D eigenvalue weighted by Crippen LogP contribution is -2.64. The second kappa shape index (κ2) is 36.3. The van der Waals surface area contributed by atoms with Gasteiger partial charge in [-0.3, -0.25) is 14.4 Å². The first-order valence-electron chi connectivity index (χ1n) is 30.8. The van der Waals surface area contributed by atoms with Gasteiger partial charge in [-0.1, -0.05) is 147 Å². The van der Waals surface area contributed by atoms with Gasteiger partial charge < -0.3 is 37.5 Å². The van der Waals surface area contributed by atoms with Crippen LogP contribution in [-0.4, -0.2) is 203 Å². The van der Waals surface area contributed by atoms with Crippen LogP contribution in [0.4, 0.5) is 52.7 Å². The molecular weight excluding hydrogens is 1450 g/mol. The number of benzene rings is 5. The Morgan fingerprint density at radius 3 is 0.736 bits per heavy atom. The van der Waals surface area contributed by atoms with Crippen molar-refractivity contribution in [2.24, 2.45) is 17.8 Å². The lowest BCUT2D eigenvalue weighted by atomic mass is 9.75. The molecule has 0 bridgehead atoms. The number of esters is 6. The van der Waals surface area contributed by atoms with Gasteiger partial charge in [0.05, 0.1) is 160 Å². The molecule has 1 fully saturated rings. The van der Waals surface area contributed by atoms with E-state index in [0.29, 0.717) is 40.5 Å². The van der Waals surface area contributed by atoms with Gasteiger partial charge in [-0.2, -0.15) is 52.7 Å². The molecule has 6 rings (SSSR count). The van der Waals surface area contributed by atoms with E-state index in [0.717, 1.165) is 0 Å². The van der Waals surface area contributed by atoms with Crippen LogP contribution in [0.25, 0.3) is 0 Å². The van der Waals surface area contributed by atoms with E-state index in [2.05, 4.69) is 9.47 Å². The van der Waals surface area contributed by atoms with Crippen LogP contribution in [0.15, 0.2) is 66.7 Å². The summed E-state index contributed by atoms with van der Waals surface area (Å²) in [7, 11) is 56.4. The summed E-state index contributed by atoms with van der Waals surface area (Å²) in [5.74, 6) is -22.7. The van der Waals surface area contributed by atoms with E-state index in [1.807, 2.05) is 0 Å². The Hall–Kier alpha value is -7.32. The summed E-state index contributed by atoms with van der Waals surface area (Å²) in [6.07, 6.45) is -30.6. The topological polar surface area (TPSA) is 272 Å². The molecule has 1 aliphatic rings. The predicted molar refractivity (Wildman–Crippen MR) is 362 cm³/mol. The summed E-state index contributed by atoms with van der Waals surface area (Å²) in [5.41, 5.74) is -10.9. The van der Waals surface area contributed by atoms with E-state index in [-0.39, 0.29) is 143 Å².